The van der Waals surface area contributed by atoms with Crippen molar-refractivity contribution in [2.24, 2.45) is 0 Å². The zero-order chi connectivity index (χ0) is 8.12. The average molecular weight is 171 g/mol. The molecule has 0 aliphatic rings. The Balaban J connectivity index is -0.0000000600. The quantitative estimate of drug-likeness (QED) is 0.491. The Morgan fingerprint density at radius 1 is 0.444 bits per heavy atom. The highest BCUT2D eigenvalue weighted by atomic mass is 27.1. The molecule has 0 aliphatic carbocycles. The summed E-state index contributed by atoms with van der Waals surface area (Å²) in [7, 11) is 0. The van der Waals surface area contributed by atoms with Gasteiger partial charge in [0.05, 0.1) is 0 Å². The zero-order valence-corrected chi connectivity index (χ0v) is 11.2. The van der Waals surface area contributed by atoms with E-state index in [-0.39, 0.29) is 0 Å². The van der Waals surface area contributed by atoms with Gasteiger partial charge in [0.15, 0.2) is 45.7 Å². The van der Waals surface area contributed by atoms with Crippen molar-refractivity contribution in [2.75, 3.05) is 0 Å². The molecule has 0 amide bonds. The summed E-state index contributed by atoms with van der Waals surface area (Å²) in [6, 6.07) is 0. The molecule has 0 heterocycles. The fourth-order valence-electron chi connectivity index (χ4n) is 0. The lowest BCUT2D eigenvalue weighted by Crippen LogP contribution is -1.53. The molecule has 0 atom stereocenters. The number of rotatable bonds is 0. The maximum absolute atomic E-state index is 2.21. The third-order valence-corrected chi connectivity index (χ3v) is 0. The minimum atomic E-state index is 0.750. The Bertz CT molecular complexity index is 13.0. The summed E-state index contributed by atoms with van der Waals surface area (Å²) in [6.45, 7) is 0. The van der Waals surface area contributed by atoms with Crippen LogP contribution >= 0.6 is 0 Å². The molecule has 0 aromatic carbocycles. The highest BCUT2D eigenvalue weighted by molar-refractivity contribution is 6.31. The first-order valence-electron chi connectivity index (χ1n) is 3.46. The van der Waals surface area contributed by atoms with Gasteiger partial charge in [-0.15, -0.1) is 34.7 Å². The van der Waals surface area contributed by atoms with Gasteiger partial charge in [-0.25, -0.2) is 0 Å². The molecule has 0 saturated carbocycles. The predicted molar refractivity (Wildman–Crippen MR) is 52.4 cm³/mol. The standard InChI is InChI=1S/6CH3.3Al/h6*1H3;;;. The highest BCUT2D eigenvalue weighted by Gasteiger charge is 1.47. The van der Waals surface area contributed by atoms with Gasteiger partial charge in [-0.2, -0.15) is 0 Å². The summed E-state index contributed by atoms with van der Waals surface area (Å²) in [5.41, 5.74) is 0. The Morgan fingerprint density at radius 3 is 0.444 bits per heavy atom. The molecular formula is C6H18Al3. The summed E-state index contributed by atoms with van der Waals surface area (Å²) in [5, 5.41) is 0. The van der Waals surface area contributed by atoms with Crippen LogP contribution in [0, 0.1) is 0 Å². The monoisotopic (exact) mass is 171 g/mol. The minimum absolute atomic E-state index is 0.750. The van der Waals surface area contributed by atoms with E-state index in [2.05, 4.69) is 34.7 Å². The van der Waals surface area contributed by atoms with Crippen molar-refractivity contribution >= 4 is 45.7 Å². The maximum atomic E-state index is 2.21. The van der Waals surface area contributed by atoms with E-state index in [9.17, 15) is 0 Å². The average Bonchev–Trinajstić information content (AvgIpc) is 1.70. The second-order valence-electron chi connectivity index (χ2n) is 1.73. The first-order chi connectivity index (χ1) is 4.24. The van der Waals surface area contributed by atoms with Crippen LogP contribution in [0.5, 0.6) is 0 Å². The first kappa shape index (κ1) is 16.9. The Kier molecular flexibility index (Phi) is 63.1. The van der Waals surface area contributed by atoms with Gasteiger partial charge in [0.1, 0.15) is 0 Å². The van der Waals surface area contributed by atoms with E-state index < -0.39 is 0 Å². The third kappa shape index (κ3) is 217. The van der Waals surface area contributed by atoms with Gasteiger partial charge in [-0.05, 0) is 0 Å². The number of hydrogen-bond donors (Lipinski definition) is 0. The normalized spacial score (nSPS) is 4.67. The second-order valence-corrected chi connectivity index (χ2v) is 5.20. The summed E-state index contributed by atoms with van der Waals surface area (Å²) >= 11 is 2.25. The molecule has 0 rings (SSSR count). The largest absolute Gasteiger partial charge is 0.191 e. The lowest BCUT2D eigenvalue weighted by Gasteiger charge is -1.38. The second kappa shape index (κ2) is 33.6. The van der Waals surface area contributed by atoms with E-state index in [4.69, 9.17) is 0 Å². The van der Waals surface area contributed by atoms with Crippen LogP contribution in [-0.2, 0) is 0 Å². The molecule has 0 fully saturated rings. The van der Waals surface area contributed by atoms with Crippen LogP contribution in [-0.4, -0.2) is 45.7 Å². The van der Waals surface area contributed by atoms with Gasteiger partial charge in [0.2, 0.25) is 0 Å². The Morgan fingerprint density at radius 2 is 0.444 bits per heavy atom. The summed E-state index contributed by atoms with van der Waals surface area (Å²) in [6.07, 6.45) is 0. The van der Waals surface area contributed by atoms with Gasteiger partial charge < -0.3 is 0 Å². The van der Waals surface area contributed by atoms with Crippen molar-refractivity contribution in [3.63, 3.8) is 0 Å². The molecule has 0 unspecified atom stereocenters. The van der Waals surface area contributed by atoms with E-state index in [0.717, 1.165) is 45.7 Å². The van der Waals surface area contributed by atoms with E-state index in [1.807, 2.05) is 0 Å². The van der Waals surface area contributed by atoms with Crippen LogP contribution in [0.4, 0.5) is 0 Å². The fourth-order valence-corrected chi connectivity index (χ4v) is 0. The number of hydrogen-bond acceptors (Lipinski definition) is 0. The van der Waals surface area contributed by atoms with E-state index in [1.165, 1.54) is 0 Å². The molecule has 51 valence electrons. The van der Waals surface area contributed by atoms with Crippen molar-refractivity contribution in [1.29, 1.82) is 0 Å². The molecule has 3 heteroatoms. The molecule has 0 saturated heterocycles. The predicted octanol–water partition coefficient (Wildman–Crippen LogP) is 2.36. The van der Waals surface area contributed by atoms with Gasteiger partial charge in [-0.3, -0.25) is 0 Å². The van der Waals surface area contributed by atoms with E-state index in [1.54, 1.807) is 0 Å². The van der Waals surface area contributed by atoms with Crippen molar-refractivity contribution in [2.45, 2.75) is 34.7 Å². The van der Waals surface area contributed by atoms with Gasteiger partial charge in [0, 0.05) is 0 Å². The van der Waals surface area contributed by atoms with Crippen molar-refractivity contribution in [3.05, 3.63) is 0 Å². The summed E-state index contributed by atoms with van der Waals surface area (Å²) < 4.78 is 0. The minimum Gasteiger partial charge on any atom is -0.115 e. The smallest absolute Gasteiger partial charge is 0.115 e. The molecule has 0 aromatic heterocycles. The maximum Gasteiger partial charge on any atom is 0.191 e. The van der Waals surface area contributed by atoms with Crippen molar-refractivity contribution < 1.29 is 0 Å². The zero-order valence-electron chi connectivity index (χ0n) is 7.73. The van der Waals surface area contributed by atoms with Crippen LogP contribution in [0.3, 0.4) is 0 Å². The highest BCUT2D eigenvalue weighted by Crippen LogP contribution is 1.37. The van der Waals surface area contributed by atoms with Crippen LogP contribution in [0.15, 0.2) is 0 Å². The molecule has 0 aliphatic heterocycles. The molecule has 0 nitrogen and oxygen atoms in total. The van der Waals surface area contributed by atoms with Crippen LogP contribution in [0.1, 0.15) is 0 Å². The SMILES string of the molecule is [CH3][Al][CH3].[CH3][Al][CH3].[CH3][Al][CH3]. The van der Waals surface area contributed by atoms with Gasteiger partial charge in [0.25, 0.3) is 0 Å². The molecule has 0 aromatic rings. The summed E-state index contributed by atoms with van der Waals surface area (Å²) in [5.74, 6) is 13.3. The molecule has 9 heavy (non-hydrogen) atoms. The topological polar surface area (TPSA) is 0 Å². The van der Waals surface area contributed by atoms with Crippen LogP contribution < -0.4 is 0 Å². The van der Waals surface area contributed by atoms with Crippen molar-refractivity contribution in [1.82, 2.24) is 0 Å². The fraction of sp³-hybridized carbons (Fsp3) is 1.00. The molecule has 3 radical (unpaired) electrons. The molecular weight excluding hydrogens is 153 g/mol. The Labute approximate surface area is 79.9 Å². The molecule has 0 bridgehead atoms. The summed E-state index contributed by atoms with van der Waals surface area (Å²) in [4.78, 5) is 0. The lowest BCUT2D eigenvalue weighted by atomic mass is 11.9. The van der Waals surface area contributed by atoms with Crippen molar-refractivity contribution in [3.8, 4) is 0 Å². The van der Waals surface area contributed by atoms with Crippen LogP contribution in [0.2, 0.25) is 34.7 Å². The molecule has 0 N–H and O–H groups in total. The lowest BCUT2D eigenvalue weighted by molar-refractivity contribution is 2.14. The van der Waals surface area contributed by atoms with E-state index >= 15 is 0 Å². The van der Waals surface area contributed by atoms with Gasteiger partial charge >= 0.3 is 0 Å². The third-order valence-electron chi connectivity index (χ3n) is 0. The Hall–Kier alpha value is 1.60. The molecule has 0 spiro atoms. The van der Waals surface area contributed by atoms with Crippen LogP contribution in [0.25, 0.3) is 0 Å². The first-order valence-corrected chi connectivity index (χ1v) is 10.4. The van der Waals surface area contributed by atoms with E-state index in [0.29, 0.717) is 0 Å². The van der Waals surface area contributed by atoms with Gasteiger partial charge in [-0.1, -0.05) is 0 Å².